The summed E-state index contributed by atoms with van der Waals surface area (Å²) in [6, 6.07) is 17.1. The average Bonchev–Trinajstić information content (AvgIpc) is 2.39. The van der Waals surface area contributed by atoms with Gasteiger partial charge in [0.25, 0.3) is 0 Å². The van der Waals surface area contributed by atoms with Crippen molar-refractivity contribution in [2.24, 2.45) is 0 Å². The summed E-state index contributed by atoms with van der Waals surface area (Å²) >= 11 is 0. The molecule has 0 aliphatic carbocycles. The van der Waals surface area contributed by atoms with E-state index >= 15 is 0 Å². The molecule has 100 valence electrons. The molecular weight excluding hydrogens is 258 g/mol. The Kier molecular flexibility index (Phi) is 3.90. The minimum Gasteiger partial charge on any atom is -0.379 e. The minimum atomic E-state index is -3.13. The Bertz CT molecular complexity index is 634. The Morgan fingerprint density at radius 1 is 0.947 bits per heavy atom. The van der Waals surface area contributed by atoms with Crippen LogP contribution in [-0.4, -0.2) is 14.7 Å². The van der Waals surface area contributed by atoms with E-state index in [1.807, 2.05) is 18.2 Å². The highest BCUT2D eigenvalue weighted by Crippen LogP contribution is 2.20. The molecule has 0 saturated carbocycles. The third-order valence-electron chi connectivity index (χ3n) is 2.97. The third-order valence-corrected chi connectivity index (χ3v) is 4.09. The Morgan fingerprint density at radius 3 is 2.05 bits per heavy atom. The first kappa shape index (κ1) is 13.6. The number of hydrogen-bond acceptors (Lipinski definition) is 3. The molecule has 2 rings (SSSR count). The summed E-state index contributed by atoms with van der Waals surface area (Å²) in [6.07, 6.45) is 1.21. The molecule has 0 amide bonds. The maximum Gasteiger partial charge on any atom is 0.175 e. The van der Waals surface area contributed by atoms with Crippen LogP contribution in [0.3, 0.4) is 0 Å². The van der Waals surface area contributed by atoms with Gasteiger partial charge in [0.15, 0.2) is 9.84 Å². The van der Waals surface area contributed by atoms with E-state index in [0.717, 1.165) is 5.69 Å². The lowest BCUT2D eigenvalue weighted by atomic mass is 10.1. The topological polar surface area (TPSA) is 46.2 Å². The predicted molar refractivity (Wildman–Crippen MR) is 78.0 cm³/mol. The molecular formula is C15H17NO2S. The van der Waals surface area contributed by atoms with Crippen LogP contribution in [0.4, 0.5) is 5.69 Å². The van der Waals surface area contributed by atoms with Crippen LogP contribution in [0.25, 0.3) is 0 Å². The van der Waals surface area contributed by atoms with Crippen LogP contribution in [0.1, 0.15) is 18.5 Å². The van der Waals surface area contributed by atoms with E-state index in [4.69, 9.17) is 0 Å². The lowest BCUT2D eigenvalue weighted by Gasteiger charge is -2.15. The standard InChI is InChI=1S/C15H17NO2S/c1-12(13-6-4-3-5-7-13)16-14-8-10-15(11-9-14)19(2,17)18/h3-12,16H,1-2H3. The Balaban J connectivity index is 2.12. The summed E-state index contributed by atoms with van der Waals surface area (Å²) in [5.41, 5.74) is 2.10. The van der Waals surface area contributed by atoms with Crippen LogP contribution in [0.5, 0.6) is 0 Å². The fourth-order valence-corrected chi connectivity index (χ4v) is 2.50. The molecule has 0 aromatic heterocycles. The zero-order chi connectivity index (χ0) is 13.9. The molecule has 0 heterocycles. The quantitative estimate of drug-likeness (QED) is 0.931. The fourth-order valence-electron chi connectivity index (χ4n) is 1.87. The van der Waals surface area contributed by atoms with Gasteiger partial charge >= 0.3 is 0 Å². The van der Waals surface area contributed by atoms with Crippen molar-refractivity contribution in [1.29, 1.82) is 0 Å². The van der Waals surface area contributed by atoms with Gasteiger partial charge in [-0.1, -0.05) is 30.3 Å². The van der Waals surface area contributed by atoms with E-state index in [1.54, 1.807) is 24.3 Å². The SMILES string of the molecule is CC(Nc1ccc(S(C)(=O)=O)cc1)c1ccccc1. The highest BCUT2D eigenvalue weighted by molar-refractivity contribution is 7.90. The average molecular weight is 275 g/mol. The largest absolute Gasteiger partial charge is 0.379 e. The van der Waals surface area contributed by atoms with E-state index in [9.17, 15) is 8.42 Å². The maximum absolute atomic E-state index is 11.4. The first-order valence-corrected chi connectivity index (χ1v) is 7.97. The van der Waals surface area contributed by atoms with Crippen molar-refractivity contribution in [2.45, 2.75) is 17.9 Å². The summed E-state index contributed by atoms with van der Waals surface area (Å²) in [6.45, 7) is 2.07. The molecule has 0 saturated heterocycles. The van der Waals surface area contributed by atoms with Gasteiger partial charge in [-0.2, -0.15) is 0 Å². The second-order valence-corrected chi connectivity index (χ2v) is 6.59. The maximum atomic E-state index is 11.4. The zero-order valence-electron chi connectivity index (χ0n) is 11.0. The molecule has 0 spiro atoms. The van der Waals surface area contributed by atoms with E-state index < -0.39 is 9.84 Å². The Morgan fingerprint density at radius 2 is 1.53 bits per heavy atom. The lowest BCUT2D eigenvalue weighted by molar-refractivity contribution is 0.602. The number of benzene rings is 2. The van der Waals surface area contributed by atoms with Crippen molar-refractivity contribution < 1.29 is 8.42 Å². The molecule has 0 aliphatic heterocycles. The van der Waals surface area contributed by atoms with E-state index in [2.05, 4.69) is 24.4 Å². The van der Waals surface area contributed by atoms with Crippen LogP contribution in [0.15, 0.2) is 59.5 Å². The minimum absolute atomic E-state index is 0.172. The molecule has 0 bridgehead atoms. The van der Waals surface area contributed by atoms with Gasteiger partial charge < -0.3 is 5.32 Å². The molecule has 1 atom stereocenters. The molecule has 4 heteroatoms. The van der Waals surface area contributed by atoms with Gasteiger partial charge in [-0.05, 0) is 36.8 Å². The van der Waals surface area contributed by atoms with Crippen molar-refractivity contribution >= 4 is 15.5 Å². The fraction of sp³-hybridized carbons (Fsp3) is 0.200. The van der Waals surface area contributed by atoms with Gasteiger partial charge in [0.05, 0.1) is 4.90 Å². The van der Waals surface area contributed by atoms with Crippen molar-refractivity contribution in [1.82, 2.24) is 0 Å². The second-order valence-electron chi connectivity index (χ2n) is 4.57. The molecule has 0 fully saturated rings. The zero-order valence-corrected chi connectivity index (χ0v) is 11.8. The molecule has 1 unspecified atom stereocenters. The molecule has 2 aromatic carbocycles. The monoisotopic (exact) mass is 275 g/mol. The highest BCUT2D eigenvalue weighted by atomic mass is 32.2. The van der Waals surface area contributed by atoms with Crippen LogP contribution in [-0.2, 0) is 9.84 Å². The van der Waals surface area contributed by atoms with Crippen molar-refractivity contribution in [3.05, 3.63) is 60.2 Å². The summed E-state index contributed by atoms with van der Waals surface area (Å²) in [5, 5.41) is 3.34. The first-order chi connectivity index (χ1) is 8.97. The number of rotatable bonds is 4. The predicted octanol–water partition coefficient (Wildman–Crippen LogP) is 3.26. The Hall–Kier alpha value is -1.81. The van der Waals surface area contributed by atoms with Gasteiger partial charge in [0, 0.05) is 18.0 Å². The number of hydrogen-bond donors (Lipinski definition) is 1. The summed E-state index contributed by atoms with van der Waals surface area (Å²) < 4.78 is 22.7. The smallest absolute Gasteiger partial charge is 0.175 e. The van der Waals surface area contributed by atoms with E-state index in [-0.39, 0.29) is 6.04 Å². The van der Waals surface area contributed by atoms with Crippen LogP contribution in [0.2, 0.25) is 0 Å². The molecule has 2 aromatic rings. The van der Waals surface area contributed by atoms with Crippen LogP contribution in [0, 0.1) is 0 Å². The highest BCUT2D eigenvalue weighted by Gasteiger charge is 2.08. The van der Waals surface area contributed by atoms with Crippen molar-refractivity contribution in [3.63, 3.8) is 0 Å². The molecule has 0 aliphatic rings. The van der Waals surface area contributed by atoms with E-state index in [0.29, 0.717) is 4.90 Å². The van der Waals surface area contributed by atoms with Crippen molar-refractivity contribution in [2.75, 3.05) is 11.6 Å². The molecule has 0 radical (unpaired) electrons. The van der Waals surface area contributed by atoms with Crippen molar-refractivity contribution in [3.8, 4) is 0 Å². The lowest BCUT2D eigenvalue weighted by Crippen LogP contribution is -2.06. The van der Waals surface area contributed by atoms with Gasteiger partial charge in [-0.25, -0.2) is 8.42 Å². The summed E-state index contributed by atoms with van der Waals surface area (Å²) in [4.78, 5) is 0.338. The molecule has 3 nitrogen and oxygen atoms in total. The normalized spacial score (nSPS) is 12.9. The molecule has 1 N–H and O–H groups in total. The molecule has 19 heavy (non-hydrogen) atoms. The number of anilines is 1. The number of nitrogens with one attached hydrogen (secondary N) is 1. The van der Waals surface area contributed by atoms with Gasteiger partial charge in [-0.3, -0.25) is 0 Å². The first-order valence-electron chi connectivity index (χ1n) is 6.08. The Labute approximate surface area is 114 Å². The van der Waals surface area contributed by atoms with E-state index in [1.165, 1.54) is 11.8 Å². The third kappa shape index (κ3) is 3.58. The van der Waals surface area contributed by atoms with Crippen LogP contribution < -0.4 is 5.32 Å². The van der Waals surface area contributed by atoms with Gasteiger partial charge in [0.1, 0.15) is 0 Å². The second kappa shape index (κ2) is 5.45. The summed E-state index contributed by atoms with van der Waals surface area (Å²) in [5.74, 6) is 0. The number of sulfone groups is 1. The van der Waals surface area contributed by atoms with Crippen LogP contribution >= 0.6 is 0 Å². The van der Waals surface area contributed by atoms with Gasteiger partial charge in [0.2, 0.25) is 0 Å². The summed E-state index contributed by atoms with van der Waals surface area (Å²) in [7, 11) is -3.13. The van der Waals surface area contributed by atoms with Gasteiger partial charge in [-0.15, -0.1) is 0 Å².